The van der Waals surface area contributed by atoms with E-state index in [1.165, 1.54) is 43.3 Å². The van der Waals surface area contributed by atoms with E-state index < -0.39 is 36.4 Å². The molecule has 0 spiro atoms. The molecule has 162 valence electrons. The molecule has 2 amide bonds. The van der Waals surface area contributed by atoms with Gasteiger partial charge in [0.1, 0.15) is 11.9 Å². The number of carbonyl (C=O) groups is 3. The van der Waals surface area contributed by atoms with Crippen molar-refractivity contribution >= 4 is 41.2 Å². The lowest BCUT2D eigenvalue weighted by atomic mass is 10.0. The highest BCUT2D eigenvalue weighted by atomic mass is 127. The standard InChI is InChI=1S/C18H23FINO8/c1-5-6-7-28-17(23)21(18(24)29-20)13(16(22)27-4)8-11-9-14(25-2)15(26-3)10-12(11)19/h9-10,13H,5-8H2,1-4H3. The van der Waals surface area contributed by atoms with Gasteiger partial charge in [-0.1, -0.05) is 13.3 Å². The molecule has 9 nitrogen and oxygen atoms in total. The molecule has 1 rings (SSSR count). The monoisotopic (exact) mass is 527 g/mol. The molecule has 0 fully saturated rings. The van der Waals surface area contributed by atoms with E-state index in [4.69, 9.17) is 18.9 Å². The zero-order valence-electron chi connectivity index (χ0n) is 16.5. The summed E-state index contributed by atoms with van der Waals surface area (Å²) in [7, 11) is 3.79. The molecule has 0 N–H and O–H groups in total. The molecule has 29 heavy (non-hydrogen) atoms. The van der Waals surface area contributed by atoms with E-state index in [1.807, 2.05) is 6.92 Å². The fourth-order valence-corrected chi connectivity index (χ4v) is 2.63. The Balaban J connectivity index is 3.30. The molecule has 0 radical (unpaired) electrons. The highest BCUT2D eigenvalue weighted by Crippen LogP contribution is 2.31. The second kappa shape index (κ2) is 12.3. The first-order valence-corrected chi connectivity index (χ1v) is 9.49. The van der Waals surface area contributed by atoms with Gasteiger partial charge in [0.15, 0.2) is 34.5 Å². The maximum Gasteiger partial charge on any atom is 0.429 e. The first-order chi connectivity index (χ1) is 13.8. The molecular weight excluding hydrogens is 504 g/mol. The Hall–Kier alpha value is -2.31. The van der Waals surface area contributed by atoms with Crippen molar-refractivity contribution in [3.8, 4) is 11.5 Å². The number of halogens is 2. The van der Waals surface area contributed by atoms with E-state index in [1.54, 1.807) is 0 Å². The second-order valence-electron chi connectivity index (χ2n) is 5.72. The maximum atomic E-state index is 14.5. The van der Waals surface area contributed by atoms with Gasteiger partial charge in [0.25, 0.3) is 0 Å². The molecule has 0 saturated heterocycles. The Morgan fingerprint density at radius 1 is 1.10 bits per heavy atom. The Bertz CT molecular complexity index is 730. The third kappa shape index (κ3) is 6.61. The number of unbranched alkanes of at least 4 members (excludes halogenated alkanes) is 1. The molecular formula is C18H23FINO8. The quantitative estimate of drug-likeness (QED) is 0.273. The van der Waals surface area contributed by atoms with Gasteiger partial charge in [0, 0.05) is 12.5 Å². The van der Waals surface area contributed by atoms with Crippen LogP contribution in [0.15, 0.2) is 12.1 Å². The molecule has 0 aliphatic heterocycles. The van der Waals surface area contributed by atoms with Gasteiger partial charge in [-0.15, -0.1) is 0 Å². The van der Waals surface area contributed by atoms with Gasteiger partial charge in [-0.05, 0) is 18.1 Å². The molecule has 1 aromatic carbocycles. The van der Waals surface area contributed by atoms with Crippen molar-refractivity contribution in [1.82, 2.24) is 4.90 Å². The van der Waals surface area contributed by atoms with Crippen LogP contribution in [0.3, 0.4) is 0 Å². The van der Waals surface area contributed by atoms with Gasteiger partial charge < -0.3 is 22.0 Å². The van der Waals surface area contributed by atoms with Crippen LogP contribution in [0, 0.1) is 5.82 Å². The number of amides is 2. The summed E-state index contributed by atoms with van der Waals surface area (Å²) in [6, 6.07) is 0.854. The van der Waals surface area contributed by atoms with Gasteiger partial charge >= 0.3 is 18.2 Å². The second-order valence-corrected chi connectivity index (χ2v) is 6.16. The van der Waals surface area contributed by atoms with Crippen LogP contribution in [0.2, 0.25) is 0 Å². The average Bonchev–Trinajstić information content (AvgIpc) is 2.73. The smallest absolute Gasteiger partial charge is 0.429 e. The molecule has 0 heterocycles. The number of nitrogens with zero attached hydrogens (tertiary/aromatic N) is 1. The largest absolute Gasteiger partial charge is 0.493 e. The topological polar surface area (TPSA) is 101 Å². The number of ether oxygens (including phenoxy) is 4. The Morgan fingerprint density at radius 3 is 2.24 bits per heavy atom. The average molecular weight is 527 g/mol. The van der Waals surface area contributed by atoms with Gasteiger partial charge in [0.05, 0.1) is 27.9 Å². The van der Waals surface area contributed by atoms with Gasteiger partial charge in [-0.25, -0.2) is 18.8 Å². The van der Waals surface area contributed by atoms with Crippen LogP contribution in [-0.2, 0) is 23.8 Å². The lowest BCUT2D eigenvalue weighted by molar-refractivity contribution is -0.145. The van der Waals surface area contributed by atoms with Crippen LogP contribution in [0.1, 0.15) is 25.3 Å². The lowest BCUT2D eigenvalue weighted by Gasteiger charge is -2.26. The summed E-state index contributed by atoms with van der Waals surface area (Å²) >= 11 is 1.27. The van der Waals surface area contributed by atoms with Crippen LogP contribution in [0.5, 0.6) is 11.5 Å². The van der Waals surface area contributed by atoms with Crippen LogP contribution in [0.4, 0.5) is 14.0 Å². The molecule has 1 atom stereocenters. The van der Waals surface area contributed by atoms with Crippen molar-refractivity contribution in [1.29, 1.82) is 0 Å². The molecule has 11 heteroatoms. The summed E-state index contributed by atoms with van der Waals surface area (Å²) in [5.74, 6) is -1.32. The van der Waals surface area contributed by atoms with Crippen LogP contribution >= 0.6 is 23.0 Å². The van der Waals surface area contributed by atoms with Gasteiger partial charge in [-0.3, -0.25) is 0 Å². The van der Waals surface area contributed by atoms with Gasteiger partial charge in [0.2, 0.25) is 0 Å². The van der Waals surface area contributed by atoms with Crippen molar-refractivity contribution in [2.75, 3.05) is 27.9 Å². The predicted octanol–water partition coefficient (Wildman–Crippen LogP) is 3.65. The van der Waals surface area contributed by atoms with E-state index in [9.17, 15) is 18.8 Å². The predicted molar refractivity (Wildman–Crippen MR) is 108 cm³/mol. The summed E-state index contributed by atoms with van der Waals surface area (Å²) in [5, 5.41) is 0. The molecule has 1 unspecified atom stereocenters. The normalized spacial score (nSPS) is 11.2. The van der Waals surface area contributed by atoms with Crippen molar-refractivity contribution in [3.63, 3.8) is 0 Å². The van der Waals surface area contributed by atoms with Gasteiger partial charge in [-0.2, -0.15) is 4.90 Å². The molecule has 0 aromatic heterocycles. The van der Waals surface area contributed by atoms with Crippen LogP contribution in [-0.4, -0.2) is 57.0 Å². The zero-order valence-corrected chi connectivity index (χ0v) is 18.7. The van der Waals surface area contributed by atoms with Crippen molar-refractivity contribution < 1.29 is 40.8 Å². The maximum absolute atomic E-state index is 14.5. The highest BCUT2D eigenvalue weighted by Gasteiger charge is 2.39. The third-order valence-corrected chi connectivity index (χ3v) is 4.31. The summed E-state index contributed by atoms with van der Waals surface area (Å²) in [4.78, 5) is 37.4. The number of rotatable bonds is 9. The fraction of sp³-hybridized carbons (Fsp3) is 0.500. The van der Waals surface area contributed by atoms with E-state index in [0.717, 1.165) is 19.6 Å². The molecule has 0 bridgehead atoms. The van der Waals surface area contributed by atoms with Crippen molar-refractivity contribution in [2.45, 2.75) is 32.2 Å². The minimum Gasteiger partial charge on any atom is -0.493 e. The zero-order chi connectivity index (χ0) is 22.0. The minimum atomic E-state index is -1.52. The number of hydrogen-bond acceptors (Lipinski definition) is 8. The Kier molecular flexibility index (Phi) is 10.5. The third-order valence-electron chi connectivity index (χ3n) is 3.93. The highest BCUT2D eigenvalue weighted by molar-refractivity contribution is 14.1. The van der Waals surface area contributed by atoms with E-state index >= 15 is 0 Å². The van der Waals surface area contributed by atoms with Crippen molar-refractivity contribution in [3.05, 3.63) is 23.5 Å². The summed E-state index contributed by atoms with van der Waals surface area (Å²) in [5.41, 5.74) is -0.00864. The number of esters is 1. The number of hydrogen-bond donors (Lipinski definition) is 0. The molecule has 0 saturated carbocycles. The molecule has 0 aliphatic rings. The number of methoxy groups -OCH3 is 3. The Labute approximate surface area is 182 Å². The SMILES string of the molecule is CCCCOC(=O)N(C(=O)OI)C(Cc1cc(OC)c(OC)cc1F)C(=O)OC. The number of carbonyl (C=O) groups excluding carboxylic acids is 3. The minimum absolute atomic E-state index is 0.00864. The van der Waals surface area contributed by atoms with E-state index in [2.05, 4.69) is 3.07 Å². The van der Waals surface area contributed by atoms with E-state index in [0.29, 0.717) is 11.3 Å². The summed E-state index contributed by atoms with van der Waals surface area (Å²) in [6.07, 6.45) is -1.33. The first kappa shape index (κ1) is 24.7. The molecule has 0 aliphatic carbocycles. The summed E-state index contributed by atoms with van der Waals surface area (Å²) in [6.45, 7) is 1.93. The Morgan fingerprint density at radius 2 is 1.72 bits per heavy atom. The number of benzene rings is 1. The van der Waals surface area contributed by atoms with Crippen LogP contribution < -0.4 is 9.47 Å². The number of imide groups is 1. The summed E-state index contributed by atoms with van der Waals surface area (Å²) < 4.78 is 39.0. The lowest BCUT2D eigenvalue weighted by Crippen LogP contribution is -2.50. The first-order valence-electron chi connectivity index (χ1n) is 8.61. The molecule has 1 aromatic rings. The van der Waals surface area contributed by atoms with E-state index in [-0.39, 0.29) is 23.7 Å². The van der Waals surface area contributed by atoms with Crippen molar-refractivity contribution in [2.24, 2.45) is 0 Å². The van der Waals surface area contributed by atoms with Crippen LogP contribution in [0.25, 0.3) is 0 Å². The fourth-order valence-electron chi connectivity index (χ4n) is 2.42.